The molecule has 0 saturated heterocycles. The lowest BCUT2D eigenvalue weighted by Crippen LogP contribution is -2.34. The van der Waals surface area contributed by atoms with Gasteiger partial charge >= 0.3 is 0 Å². The molecule has 0 amide bonds. The molecule has 0 radical (unpaired) electrons. The number of aliphatic hydroxyl groups is 1. The fourth-order valence-electron chi connectivity index (χ4n) is 2.69. The van der Waals surface area contributed by atoms with Gasteiger partial charge in [0.1, 0.15) is 0 Å². The Balaban J connectivity index is 2.02. The van der Waals surface area contributed by atoms with Gasteiger partial charge in [-0.1, -0.05) is 6.92 Å². The summed E-state index contributed by atoms with van der Waals surface area (Å²) < 4.78 is 0. The minimum absolute atomic E-state index is 0.486. The summed E-state index contributed by atoms with van der Waals surface area (Å²) in [6, 6.07) is 4.62. The Bertz CT molecular complexity index is 367. The number of nitrogens with zero attached hydrogens (tertiary/aromatic N) is 2. The smallest absolute Gasteiger partial charge is 0.0931 e. The van der Waals surface area contributed by atoms with Crippen molar-refractivity contribution in [2.45, 2.75) is 51.7 Å². The fraction of sp³-hybridized carbons (Fsp3) is 0.667. The van der Waals surface area contributed by atoms with Gasteiger partial charge in [0.2, 0.25) is 0 Å². The molecule has 1 N–H and O–H groups in total. The zero-order valence-corrected chi connectivity index (χ0v) is 11.6. The zero-order chi connectivity index (χ0) is 13.1. The first-order valence-corrected chi connectivity index (χ1v) is 6.94. The van der Waals surface area contributed by atoms with Gasteiger partial charge in [-0.05, 0) is 50.7 Å². The van der Waals surface area contributed by atoms with Crippen molar-refractivity contribution < 1.29 is 5.11 Å². The zero-order valence-electron chi connectivity index (χ0n) is 11.6. The summed E-state index contributed by atoms with van der Waals surface area (Å²) in [6.45, 7) is 4.09. The highest BCUT2D eigenvalue weighted by Crippen LogP contribution is 2.29. The van der Waals surface area contributed by atoms with Crippen LogP contribution in [0.3, 0.4) is 0 Å². The van der Waals surface area contributed by atoms with Crippen LogP contribution in [0.5, 0.6) is 0 Å². The van der Waals surface area contributed by atoms with E-state index < -0.39 is 6.10 Å². The number of hydrogen-bond acceptors (Lipinski definition) is 3. The molecule has 0 spiro atoms. The van der Waals surface area contributed by atoms with Crippen molar-refractivity contribution in [3.63, 3.8) is 0 Å². The van der Waals surface area contributed by atoms with Crippen LogP contribution in [0, 0.1) is 5.92 Å². The molecule has 1 heterocycles. The molecule has 3 nitrogen and oxygen atoms in total. The van der Waals surface area contributed by atoms with Crippen molar-refractivity contribution in [2.24, 2.45) is 5.92 Å². The summed E-state index contributed by atoms with van der Waals surface area (Å²) >= 11 is 0. The summed E-state index contributed by atoms with van der Waals surface area (Å²) in [5, 5.41) is 9.45. The SMILES string of the molecule is CC1CCC(N(C)c2ccc([C@@H](C)O)nc2)CC1. The van der Waals surface area contributed by atoms with Crippen molar-refractivity contribution in [1.82, 2.24) is 4.98 Å². The second kappa shape index (κ2) is 5.70. The van der Waals surface area contributed by atoms with Gasteiger partial charge < -0.3 is 10.0 Å². The first kappa shape index (κ1) is 13.3. The highest BCUT2D eigenvalue weighted by Gasteiger charge is 2.22. The fourth-order valence-corrected chi connectivity index (χ4v) is 2.69. The molecule has 18 heavy (non-hydrogen) atoms. The van der Waals surface area contributed by atoms with E-state index in [1.165, 1.54) is 25.7 Å². The summed E-state index contributed by atoms with van der Waals surface area (Å²) in [4.78, 5) is 6.66. The third-order valence-electron chi connectivity index (χ3n) is 4.14. The summed E-state index contributed by atoms with van der Waals surface area (Å²) in [7, 11) is 2.15. The maximum absolute atomic E-state index is 9.45. The van der Waals surface area contributed by atoms with Crippen LogP contribution >= 0.6 is 0 Å². The van der Waals surface area contributed by atoms with Gasteiger partial charge in [0.15, 0.2) is 0 Å². The van der Waals surface area contributed by atoms with Crippen LogP contribution in [-0.2, 0) is 0 Å². The maximum atomic E-state index is 9.45. The molecule has 1 saturated carbocycles. The molecule has 1 aliphatic rings. The molecule has 0 bridgehead atoms. The molecule has 1 fully saturated rings. The van der Waals surface area contributed by atoms with Crippen molar-refractivity contribution >= 4 is 5.69 Å². The van der Waals surface area contributed by atoms with Crippen LogP contribution in [0.15, 0.2) is 18.3 Å². The molecule has 1 aromatic heterocycles. The molecule has 1 aromatic rings. The van der Waals surface area contributed by atoms with Crippen LogP contribution in [-0.4, -0.2) is 23.2 Å². The second-order valence-corrected chi connectivity index (χ2v) is 5.64. The monoisotopic (exact) mass is 248 g/mol. The van der Waals surface area contributed by atoms with Gasteiger partial charge in [0.05, 0.1) is 23.7 Å². The lowest BCUT2D eigenvalue weighted by Gasteiger charge is -2.35. The number of aliphatic hydroxyl groups excluding tert-OH is 1. The van der Waals surface area contributed by atoms with E-state index in [9.17, 15) is 5.11 Å². The van der Waals surface area contributed by atoms with Crippen molar-refractivity contribution in [3.05, 3.63) is 24.0 Å². The Morgan fingerprint density at radius 3 is 2.44 bits per heavy atom. The Morgan fingerprint density at radius 2 is 1.94 bits per heavy atom. The molecule has 0 aliphatic heterocycles. The van der Waals surface area contributed by atoms with E-state index in [1.807, 2.05) is 12.3 Å². The van der Waals surface area contributed by atoms with Crippen LogP contribution < -0.4 is 4.90 Å². The Kier molecular flexibility index (Phi) is 4.23. The molecule has 2 rings (SSSR count). The molecule has 0 unspecified atom stereocenters. The third-order valence-corrected chi connectivity index (χ3v) is 4.14. The van der Waals surface area contributed by atoms with Crippen molar-refractivity contribution in [1.29, 1.82) is 0 Å². The molecular formula is C15H24N2O. The summed E-state index contributed by atoms with van der Waals surface area (Å²) in [5.41, 5.74) is 1.89. The summed E-state index contributed by atoms with van der Waals surface area (Å²) in [5.74, 6) is 0.880. The van der Waals surface area contributed by atoms with Gasteiger partial charge in [0.25, 0.3) is 0 Å². The minimum Gasteiger partial charge on any atom is -0.387 e. The van der Waals surface area contributed by atoms with Crippen LogP contribution in [0.2, 0.25) is 0 Å². The van der Waals surface area contributed by atoms with E-state index in [2.05, 4.69) is 29.9 Å². The van der Waals surface area contributed by atoms with Crippen LogP contribution in [0.25, 0.3) is 0 Å². The second-order valence-electron chi connectivity index (χ2n) is 5.64. The van der Waals surface area contributed by atoms with E-state index in [0.717, 1.165) is 17.3 Å². The quantitative estimate of drug-likeness (QED) is 0.892. The van der Waals surface area contributed by atoms with Gasteiger partial charge in [-0.3, -0.25) is 4.98 Å². The van der Waals surface area contributed by atoms with E-state index in [1.54, 1.807) is 6.92 Å². The Morgan fingerprint density at radius 1 is 1.28 bits per heavy atom. The lowest BCUT2D eigenvalue weighted by atomic mass is 9.86. The Labute approximate surface area is 110 Å². The minimum atomic E-state index is -0.486. The number of pyridine rings is 1. The largest absolute Gasteiger partial charge is 0.387 e. The van der Waals surface area contributed by atoms with Crippen molar-refractivity contribution in [2.75, 3.05) is 11.9 Å². The topological polar surface area (TPSA) is 36.4 Å². The number of hydrogen-bond donors (Lipinski definition) is 1. The van der Waals surface area contributed by atoms with Gasteiger partial charge in [0, 0.05) is 13.1 Å². The van der Waals surface area contributed by atoms with Crippen LogP contribution in [0.1, 0.15) is 51.3 Å². The molecular weight excluding hydrogens is 224 g/mol. The molecule has 3 heteroatoms. The van der Waals surface area contributed by atoms with Gasteiger partial charge in [-0.2, -0.15) is 0 Å². The normalized spacial score (nSPS) is 25.8. The molecule has 1 aliphatic carbocycles. The first-order chi connectivity index (χ1) is 8.58. The van der Waals surface area contributed by atoms with Gasteiger partial charge in [-0.25, -0.2) is 0 Å². The molecule has 100 valence electrons. The number of aromatic nitrogens is 1. The molecule has 1 atom stereocenters. The average molecular weight is 248 g/mol. The van der Waals surface area contributed by atoms with E-state index in [4.69, 9.17) is 0 Å². The Hall–Kier alpha value is -1.09. The highest BCUT2D eigenvalue weighted by molar-refractivity contribution is 5.45. The first-order valence-electron chi connectivity index (χ1n) is 6.94. The molecule has 0 aromatic carbocycles. The standard InChI is InChI=1S/C15H24N2O/c1-11-4-6-13(7-5-11)17(3)14-8-9-15(12(2)18)16-10-14/h8-13,18H,4-7H2,1-3H3/t11?,12-,13?/m1/s1. The predicted octanol–water partition coefficient (Wildman–Crippen LogP) is 3.15. The van der Waals surface area contributed by atoms with Crippen LogP contribution in [0.4, 0.5) is 5.69 Å². The lowest BCUT2D eigenvalue weighted by molar-refractivity contribution is 0.194. The predicted molar refractivity (Wildman–Crippen MR) is 74.7 cm³/mol. The van der Waals surface area contributed by atoms with E-state index >= 15 is 0 Å². The highest BCUT2D eigenvalue weighted by atomic mass is 16.3. The average Bonchev–Trinajstić information content (AvgIpc) is 2.39. The maximum Gasteiger partial charge on any atom is 0.0931 e. The van der Waals surface area contributed by atoms with E-state index in [0.29, 0.717) is 6.04 Å². The van der Waals surface area contributed by atoms with Gasteiger partial charge in [-0.15, -0.1) is 0 Å². The number of rotatable bonds is 3. The number of anilines is 1. The summed E-state index contributed by atoms with van der Waals surface area (Å²) in [6.07, 6.45) is 6.59. The third kappa shape index (κ3) is 3.02. The van der Waals surface area contributed by atoms with E-state index in [-0.39, 0.29) is 0 Å². The van der Waals surface area contributed by atoms with Crippen molar-refractivity contribution in [3.8, 4) is 0 Å².